The van der Waals surface area contributed by atoms with Gasteiger partial charge in [0.2, 0.25) is 0 Å². The van der Waals surface area contributed by atoms with Crippen LogP contribution in [-0.4, -0.2) is 11.6 Å². The quantitative estimate of drug-likeness (QED) is 0.867. The van der Waals surface area contributed by atoms with Gasteiger partial charge in [-0.15, -0.1) is 0 Å². The first-order chi connectivity index (χ1) is 10.7. The fourth-order valence-electron chi connectivity index (χ4n) is 2.59. The molecule has 3 rings (SSSR count). The Morgan fingerprint density at radius 1 is 1.27 bits per heavy atom. The minimum atomic E-state index is -0.710. The zero-order valence-electron chi connectivity index (χ0n) is 11.7. The highest BCUT2D eigenvalue weighted by atomic mass is 35.5. The summed E-state index contributed by atoms with van der Waals surface area (Å²) in [6.07, 6.45) is 2.27. The molecule has 2 unspecified atom stereocenters. The molecule has 0 amide bonds. The van der Waals surface area contributed by atoms with E-state index < -0.39 is 5.41 Å². The lowest BCUT2D eigenvalue weighted by Crippen LogP contribution is -2.15. The fourth-order valence-corrected chi connectivity index (χ4v) is 2.72. The number of pyridine rings is 1. The van der Waals surface area contributed by atoms with Crippen molar-refractivity contribution in [2.75, 3.05) is 6.61 Å². The lowest BCUT2D eigenvalue weighted by molar-refractivity contribution is 0.291. The molecule has 2 aromatic rings. The first-order valence-corrected chi connectivity index (χ1v) is 7.22. The molecule has 5 heteroatoms. The van der Waals surface area contributed by atoms with E-state index in [1.807, 2.05) is 0 Å². The summed E-state index contributed by atoms with van der Waals surface area (Å²) in [5.41, 5.74) is 0.307. The third-order valence-electron chi connectivity index (χ3n) is 3.92. The molecule has 0 spiro atoms. The molecule has 0 aliphatic heterocycles. The SMILES string of the molecule is N#Cc1cccnc1C1(C#N)CC1COc1ccc(Cl)cc1. The maximum absolute atomic E-state index is 9.56. The third kappa shape index (κ3) is 2.50. The number of halogens is 1. The van der Waals surface area contributed by atoms with Gasteiger partial charge in [-0.2, -0.15) is 10.5 Å². The Balaban J connectivity index is 1.74. The molecule has 0 radical (unpaired) electrons. The van der Waals surface area contributed by atoms with Gasteiger partial charge in [-0.25, -0.2) is 0 Å². The van der Waals surface area contributed by atoms with Crippen LogP contribution in [0.2, 0.25) is 5.02 Å². The van der Waals surface area contributed by atoms with Crippen LogP contribution in [0.3, 0.4) is 0 Å². The predicted octanol–water partition coefficient (Wildman–Crippen LogP) is 3.47. The summed E-state index contributed by atoms with van der Waals surface area (Å²) in [6.45, 7) is 0.413. The van der Waals surface area contributed by atoms with Crippen LogP contribution in [0.5, 0.6) is 5.75 Å². The molecule has 108 valence electrons. The molecular weight excluding hydrogens is 298 g/mol. The molecule has 1 aliphatic carbocycles. The number of benzene rings is 1. The van der Waals surface area contributed by atoms with Crippen molar-refractivity contribution in [2.45, 2.75) is 11.8 Å². The Morgan fingerprint density at radius 2 is 2.05 bits per heavy atom. The van der Waals surface area contributed by atoms with Crippen molar-refractivity contribution in [3.8, 4) is 17.9 Å². The monoisotopic (exact) mass is 309 g/mol. The van der Waals surface area contributed by atoms with Crippen LogP contribution in [0, 0.1) is 28.6 Å². The Bertz CT molecular complexity index is 776. The Labute approximate surface area is 133 Å². The first kappa shape index (κ1) is 14.4. The average Bonchev–Trinajstić information content (AvgIpc) is 3.29. The number of hydrogen-bond donors (Lipinski definition) is 0. The summed E-state index contributed by atoms with van der Waals surface area (Å²) in [4.78, 5) is 4.25. The first-order valence-electron chi connectivity index (χ1n) is 6.85. The molecule has 1 saturated carbocycles. The number of nitrogens with zero attached hydrogens (tertiary/aromatic N) is 3. The zero-order chi connectivity index (χ0) is 15.6. The van der Waals surface area contributed by atoms with Crippen molar-refractivity contribution in [3.05, 3.63) is 58.9 Å². The maximum Gasteiger partial charge on any atom is 0.119 e. The van der Waals surface area contributed by atoms with Gasteiger partial charge >= 0.3 is 0 Å². The van der Waals surface area contributed by atoms with Gasteiger partial charge in [0.1, 0.15) is 17.2 Å². The normalized spacial score (nSPS) is 22.4. The lowest BCUT2D eigenvalue weighted by Gasteiger charge is -2.11. The van der Waals surface area contributed by atoms with E-state index >= 15 is 0 Å². The molecule has 0 bridgehead atoms. The van der Waals surface area contributed by atoms with Crippen molar-refractivity contribution in [3.63, 3.8) is 0 Å². The molecule has 1 fully saturated rings. The largest absolute Gasteiger partial charge is 0.493 e. The van der Waals surface area contributed by atoms with Crippen LogP contribution in [0.1, 0.15) is 17.7 Å². The van der Waals surface area contributed by atoms with Crippen LogP contribution in [-0.2, 0) is 5.41 Å². The zero-order valence-corrected chi connectivity index (χ0v) is 12.4. The standard InChI is InChI=1S/C17H12ClN3O/c18-14-3-5-15(6-4-14)22-10-13-8-17(13,11-20)16-12(9-19)2-1-7-21-16/h1-7,13H,8,10H2. The van der Waals surface area contributed by atoms with Crippen molar-refractivity contribution >= 4 is 11.6 Å². The van der Waals surface area contributed by atoms with Gasteiger partial charge in [-0.3, -0.25) is 4.98 Å². The minimum absolute atomic E-state index is 0.0372. The van der Waals surface area contributed by atoms with E-state index in [1.54, 1.807) is 42.6 Å². The summed E-state index contributed by atoms with van der Waals surface area (Å²) >= 11 is 5.83. The molecule has 2 atom stereocenters. The molecule has 0 N–H and O–H groups in total. The van der Waals surface area contributed by atoms with Gasteiger partial charge in [0, 0.05) is 17.1 Å². The van der Waals surface area contributed by atoms with Crippen molar-refractivity contribution in [2.24, 2.45) is 5.92 Å². The van der Waals surface area contributed by atoms with E-state index in [0.717, 1.165) is 0 Å². The topological polar surface area (TPSA) is 69.7 Å². The van der Waals surface area contributed by atoms with Crippen molar-refractivity contribution < 1.29 is 4.74 Å². The Morgan fingerprint density at radius 3 is 2.73 bits per heavy atom. The van der Waals surface area contributed by atoms with E-state index in [0.29, 0.717) is 35.1 Å². The van der Waals surface area contributed by atoms with Crippen LogP contribution in [0.25, 0.3) is 0 Å². The molecule has 1 aromatic heterocycles. The maximum atomic E-state index is 9.56. The number of nitriles is 2. The highest BCUT2D eigenvalue weighted by molar-refractivity contribution is 6.30. The van der Waals surface area contributed by atoms with Gasteiger partial charge in [0.25, 0.3) is 0 Å². The van der Waals surface area contributed by atoms with E-state index in [4.69, 9.17) is 16.3 Å². The average molecular weight is 310 g/mol. The summed E-state index contributed by atoms with van der Waals surface area (Å²) in [7, 11) is 0. The Hall–Kier alpha value is -2.56. The van der Waals surface area contributed by atoms with E-state index in [9.17, 15) is 10.5 Å². The van der Waals surface area contributed by atoms with Crippen molar-refractivity contribution in [1.29, 1.82) is 10.5 Å². The second-order valence-corrected chi connectivity index (χ2v) is 5.70. The summed E-state index contributed by atoms with van der Waals surface area (Å²) in [5.74, 6) is 0.750. The summed E-state index contributed by atoms with van der Waals surface area (Å²) < 4.78 is 5.72. The molecular formula is C17H12ClN3O. The summed E-state index contributed by atoms with van der Waals surface area (Å²) in [6, 6.07) is 14.9. The van der Waals surface area contributed by atoms with E-state index in [-0.39, 0.29) is 5.92 Å². The van der Waals surface area contributed by atoms with Gasteiger partial charge in [-0.05, 0) is 42.8 Å². The number of ether oxygens (including phenoxy) is 1. The van der Waals surface area contributed by atoms with Gasteiger partial charge in [0.05, 0.1) is 23.9 Å². The van der Waals surface area contributed by atoms with Crippen LogP contribution in [0.15, 0.2) is 42.6 Å². The molecule has 22 heavy (non-hydrogen) atoms. The minimum Gasteiger partial charge on any atom is -0.493 e. The van der Waals surface area contributed by atoms with Crippen LogP contribution < -0.4 is 4.74 Å². The van der Waals surface area contributed by atoms with Gasteiger partial charge in [0.15, 0.2) is 0 Å². The fraction of sp³-hybridized carbons (Fsp3) is 0.235. The molecule has 1 aromatic carbocycles. The second-order valence-electron chi connectivity index (χ2n) is 5.26. The van der Waals surface area contributed by atoms with Crippen LogP contribution in [0.4, 0.5) is 0 Å². The summed E-state index contributed by atoms with van der Waals surface area (Å²) in [5, 5.41) is 19.4. The smallest absolute Gasteiger partial charge is 0.119 e. The highest BCUT2D eigenvalue weighted by Gasteiger charge is 2.58. The molecule has 1 heterocycles. The van der Waals surface area contributed by atoms with Gasteiger partial charge in [-0.1, -0.05) is 11.6 Å². The molecule has 0 saturated heterocycles. The van der Waals surface area contributed by atoms with E-state index in [1.165, 1.54) is 0 Å². The third-order valence-corrected chi connectivity index (χ3v) is 4.17. The molecule has 4 nitrogen and oxygen atoms in total. The molecule has 1 aliphatic rings. The van der Waals surface area contributed by atoms with Gasteiger partial charge < -0.3 is 4.74 Å². The number of rotatable bonds is 4. The second kappa shape index (κ2) is 5.67. The van der Waals surface area contributed by atoms with Crippen LogP contribution >= 0.6 is 11.6 Å². The number of aromatic nitrogens is 1. The highest BCUT2D eigenvalue weighted by Crippen LogP contribution is 2.54. The van der Waals surface area contributed by atoms with Crippen molar-refractivity contribution in [1.82, 2.24) is 4.98 Å². The predicted molar refractivity (Wildman–Crippen MR) is 81.3 cm³/mol. The lowest BCUT2D eigenvalue weighted by atomic mass is 9.96. The van der Waals surface area contributed by atoms with E-state index in [2.05, 4.69) is 17.1 Å². The Kier molecular flexibility index (Phi) is 3.71. The number of hydrogen-bond acceptors (Lipinski definition) is 4.